The maximum atomic E-state index is 12.4. The highest BCUT2D eigenvalue weighted by Gasteiger charge is 2.31. The Morgan fingerprint density at radius 2 is 1.95 bits per heavy atom. The molecule has 1 aromatic carbocycles. The largest absolute Gasteiger partial charge is 0.351 e. The third kappa shape index (κ3) is 3.58. The lowest BCUT2D eigenvalue weighted by atomic mass is 10.0. The second-order valence-corrected chi connectivity index (χ2v) is 7.61. The Hall–Kier alpha value is -1.40. The van der Waals surface area contributed by atoms with Gasteiger partial charge in [0.05, 0.1) is 11.5 Å². The third-order valence-corrected chi connectivity index (χ3v) is 5.23. The average Bonchev–Trinajstić information content (AvgIpc) is 2.69. The Morgan fingerprint density at radius 3 is 2.45 bits per heavy atom. The molecule has 1 aliphatic rings. The van der Waals surface area contributed by atoms with E-state index in [1.54, 1.807) is 0 Å². The Morgan fingerprint density at radius 1 is 1.30 bits per heavy atom. The van der Waals surface area contributed by atoms with E-state index in [-0.39, 0.29) is 23.5 Å². The zero-order chi connectivity index (χ0) is 14.8. The van der Waals surface area contributed by atoms with Crippen LogP contribution in [0.1, 0.15) is 18.0 Å². The molecule has 1 amide bonds. The van der Waals surface area contributed by atoms with Crippen LogP contribution in [-0.4, -0.2) is 50.9 Å². The second-order valence-electron chi connectivity index (χ2n) is 5.39. The number of rotatable bonds is 4. The number of sulfone groups is 1. The number of carbonyl (C=O) groups is 1. The molecule has 1 fully saturated rings. The number of hydrogen-bond acceptors (Lipinski definition) is 4. The molecule has 5 nitrogen and oxygen atoms in total. The predicted octanol–water partition coefficient (Wildman–Crippen LogP) is 0.593. The minimum absolute atomic E-state index is 0.0493. The summed E-state index contributed by atoms with van der Waals surface area (Å²) >= 11 is 0. The van der Waals surface area contributed by atoms with Gasteiger partial charge in [0.2, 0.25) is 5.91 Å². The van der Waals surface area contributed by atoms with Crippen LogP contribution in [0.15, 0.2) is 30.3 Å². The van der Waals surface area contributed by atoms with Gasteiger partial charge in [-0.25, -0.2) is 8.42 Å². The Kier molecular flexibility index (Phi) is 4.45. The number of benzene rings is 1. The number of likely N-dealkylation sites (N-methyl/N-ethyl adjacent to an activating group) is 1. The molecular formula is C14H20N2O3S. The monoisotopic (exact) mass is 296 g/mol. The molecule has 2 atom stereocenters. The Balaban J connectivity index is 2.09. The van der Waals surface area contributed by atoms with E-state index in [0.29, 0.717) is 6.42 Å². The van der Waals surface area contributed by atoms with Crippen LogP contribution in [0.4, 0.5) is 0 Å². The number of amides is 1. The first-order valence-electron chi connectivity index (χ1n) is 6.61. The minimum Gasteiger partial charge on any atom is -0.351 e. The van der Waals surface area contributed by atoms with Crippen LogP contribution in [-0.2, 0) is 14.6 Å². The average molecular weight is 296 g/mol. The van der Waals surface area contributed by atoms with Crippen molar-refractivity contribution in [1.29, 1.82) is 0 Å². The van der Waals surface area contributed by atoms with Crippen LogP contribution in [0.2, 0.25) is 0 Å². The highest BCUT2D eigenvalue weighted by molar-refractivity contribution is 7.91. The quantitative estimate of drug-likeness (QED) is 0.883. The standard InChI is InChI=1S/C14H20N2O3S/c1-16(2)13(11-6-4-3-5-7-11)14(17)15-12-8-9-20(18,19)10-12/h3-7,12-13H,8-10H2,1-2H3,(H,15,17). The van der Waals surface area contributed by atoms with Gasteiger partial charge in [-0.15, -0.1) is 0 Å². The van der Waals surface area contributed by atoms with Gasteiger partial charge in [-0.2, -0.15) is 0 Å². The van der Waals surface area contributed by atoms with E-state index in [9.17, 15) is 13.2 Å². The van der Waals surface area contributed by atoms with Crippen LogP contribution < -0.4 is 5.32 Å². The molecule has 0 bridgehead atoms. The maximum absolute atomic E-state index is 12.4. The summed E-state index contributed by atoms with van der Waals surface area (Å²) in [5, 5.41) is 2.85. The van der Waals surface area contributed by atoms with Crippen molar-refractivity contribution in [2.75, 3.05) is 25.6 Å². The second kappa shape index (κ2) is 5.93. The Labute approximate surface area is 119 Å². The fourth-order valence-electron chi connectivity index (χ4n) is 2.51. The molecule has 1 N–H and O–H groups in total. The molecule has 0 saturated carbocycles. The van der Waals surface area contributed by atoms with Gasteiger partial charge in [-0.05, 0) is 26.1 Å². The van der Waals surface area contributed by atoms with Gasteiger partial charge in [0, 0.05) is 6.04 Å². The van der Waals surface area contributed by atoms with E-state index in [1.807, 2.05) is 49.3 Å². The fourth-order valence-corrected chi connectivity index (χ4v) is 4.18. The number of carbonyl (C=O) groups excluding carboxylic acids is 1. The third-order valence-electron chi connectivity index (χ3n) is 3.46. The normalized spacial score (nSPS) is 22.6. The van der Waals surface area contributed by atoms with Gasteiger partial charge in [0.25, 0.3) is 0 Å². The van der Waals surface area contributed by atoms with E-state index in [4.69, 9.17) is 0 Å². The van der Waals surface area contributed by atoms with E-state index >= 15 is 0 Å². The molecule has 1 heterocycles. The first kappa shape index (κ1) is 15.0. The Bertz CT molecular complexity index is 569. The van der Waals surface area contributed by atoms with Crippen molar-refractivity contribution in [2.24, 2.45) is 0 Å². The number of nitrogens with one attached hydrogen (secondary N) is 1. The summed E-state index contributed by atoms with van der Waals surface area (Å²) in [5.74, 6) is 0.0622. The van der Waals surface area contributed by atoms with E-state index in [2.05, 4.69) is 5.32 Å². The van der Waals surface area contributed by atoms with Gasteiger partial charge in [-0.1, -0.05) is 30.3 Å². The van der Waals surface area contributed by atoms with Gasteiger partial charge < -0.3 is 5.32 Å². The zero-order valence-electron chi connectivity index (χ0n) is 11.7. The van der Waals surface area contributed by atoms with Crippen LogP contribution >= 0.6 is 0 Å². The molecule has 1 aliphatic heterocycles. The van der Waals surface area contributed by atoms with Gasteiger partial charge in [0.15, 0.2) is 9.84 Å². The molecule has 1 saturated heterocycles. The summed E-state index contributed by atoms with van der Waals surface area (Å²) in [7, 11) is 0.692. The van der Waals surface area contributed by atoms with Crippen LogP contribution in [0.3, 0.4) is 0 Å². The van der Waals surface area contributed by atoms with E-state index in [1.165, 1.54) is 0 Å². The summed E-state index contributed by atoms with van der Waals surface area (Å²) in [6.07, 6.45) is 0.503. The summed E-state index contributed by atoms with van der Waals surface area (Å²) in [6.45, 7) is 0. The highest BCUT2D eigenvalue weighted by Crippen LogP contribution is 2.19. The van der Waals surface area contributed by atoms with E-state index in [0.717, 1.165) is 5.56 Å². The highest BCUT2D eigenvalue weighted by atomic mass is 32.2. The van der Waals surface area contributed by atoms with Crippen molar-refractivity contribution in [3.05, 3.63) is 35.9 Å². The van der Waals surface area contributed by atoms with Crippen LogP contribution in [0, 0.1) is 0 Å². The lowest BCUT2D eigenvalue weighted by Crippen LogP contribution is -2.42. The minimum atomic E-state index is -2.98. The first-order chi connectivity index (χ1) is 9.39. The lowest BCUT2D eigenvalue weighted by molar-refractivity contribution is -0.126. The van der Waals surface area contributed by atoms with Crippen molar-refractivity contribution < 1.29 is 13.2 Å². The SMILES string of the molecule is CN(C)C(C(=O)NC1CCS(=O)(=O)C1)c1ccccc1. The van der Waals surface area contributed by atoms with Gasteiger partial charge in [-0.3, -0.25) is 9.69 Å². The molecule has 0 radical (unpaired) electrons. The summed E-state index contributed by atoms with van der Waals surface area (Å²) in [4.78, 5) is 14.2. The summed E-state index contributed by atoms with van der Waals surface area (Å²) in [6, 6.07) is 8.81. The fraction of sp³-hybridized carbons (Fsp3) is 0.500. The molecule has 0 aliphatic carbocycles. The lowest BCUT2D eigenvalue weighted by Gasteiger charge is -2.25. The van der Waals surface area contributed by atoms with Gasteiger partial charge >= 0.3 is 0 Å². The molecular weight excluding hydrogens is 276 g/mol. The maximum Gasteiger partial charge on any atom is 0.242 e. The van der Waals surface area contributed by atoms with E-state index < -0.39 is 15.9 Å². The van der Waals surface area contributed by atoms with Crippen LogP contribution in [0.25, 0.3) is 0 Å². The van der Waals surface area contributed by atoms with Gasteiger partial charge in [0.1, 0.15) is 6.04 Å². The molecule has 2 rings (SSSR count). The molecule has 6 heteroatoms. The van der Waals surface area contributed by atoms with Crippen molar-refractivity contribution in [1.82, 2.24) is 10.2 Å². The molecule has 0 spiro atoms. The summed E-state index contributed by atoms with van der Waals surface area (Å²) < 4.78 is 22.9. The van der Waals surface area contributed by atoms with Crippen molar-refractivity contribution in [2.45, 2.75) is 18.5 Å². The zero-order valence-corrected chi connectivity index (χ0v) is 12.6. The van der Waals surface area contributed by atoms with Crippen LogP contribution in [0.5, 0.6) is 0 Å². The molecule has 0 aromatic heterocycles. The van der Waals surface area contributed by atoms with Crippen molar-refractivity contribution >= 4 is 15.7 Å². The topological polar surface area (TPSA) is 66.5 Å². The number of nitrogens with zero attached hydrogens (tertiary/aromatic N) is 1. The molecule has 110 valence electrons. The number of hydrogen-bond donors (Lipinski definition) is 1. The smallest absolute Gasteiger partial charge is 0.242 e. The molecule has 20 heavy (non-hydrogen) atoms. The van der Waals surface area contributed by atoms with Crippen molar-refractivity contribution in [3.63, 3.8) is 0 Å². The van der Waals surface area contributed by atoms with Crippen molar-refractivity contribution in [3.8, 4) is 0 Å². The first-order valence-corrected chi connectivity index (χ1v) is 8.43. The predicted molar refractivity (Wildman–Crippen MR) is 78.1 cm³/mol. The molecule has 1 aromatic rings. The molecule has 2 unspecified atom stereocenters. The summed E-state index contributed by atoms with van der Waals surface area (Å²) in [5.41, 5.74) is 0.899.